The Morgan fingerprint density at radius 2 is 2.12 bits per heavy atom. The molecule has 1 atom stereocenters. The summed E-state index contributed by atoms with van der Waals surface area (Å²) in [7, 11) is 0. The quantitative estimate of drug-likeness (QED) is 0.778. The molecule has 138 valence electrons. The normalized spacial score (nSPS) is 20.5. The maximum absolute atomic E-state index is 13.0. The van der Waals surface area contributed by atoms with Crippen LogP contribution in [0.4, 0.5) is 5.69 Å². The topological polar surface area (TPSA) is 50.2 Å². The first-order valence-corrected chi connectivity index (χ1v) is 10.1. The molecule has 26 heavy (non-hydrogen) atoms. The van der Waals surface area contributed by atoms with Crippen LogP contribution in [0.1, 0.15) is 44.9 Å². The van der Waals surface area contributed by atoms with Crippen molar-refractivity contribution in [3.63, 3.8) is 0 Å². The zero-order valence-corrected chi connectivity index (χ0v) is 16.1. The van der Waals surface area contributed by atoms with Crippen molar-refractivity contribution in [1.29, 1.82) is 0 Å². The number of aryl methyl sites for hydroxylation is 1. The van der Waals surface area contributed by atoms with E-state index in [0.29, 0.717) is 11.3 Å². The number of nitrogens with zero attached hydrogens (tertiary/aromatic N) is 3. The van der Waals surface area contributed by atoms with Crippen LogP contribution in [-0.2, 0) is 13.0 Å². The summed E-state index contributed by atoms with van der Waals surface area (Å²) in [5.41, 5.74) is 1.73. The minimum Gasteiger partial charge on any atom is -0.349 e. The van der Waals surface area contributed by atoms with Crippen LogP contribution in [0.25, 0.3) is 10.9 Å². The Morgan fingerprint density at radius 3 is 2.96 bits per heavy atom. The number of rotatable bonds is 1. The maximum atomic E-state index is 13.0. The third-order valence-corrected chi connectivity index (χ3v) is 5.87. The first kappa shape index (κ1) is 17.5. The highest BCUT2D eigenvalue weighted by Crippen LogP contribution is 2.20. The van der Waals surface area contributed by atoms with E-state index in [1.165, 1.54) is 12.8 Å². The Morgan fingerprint density at radius 1 is 1.23 bits per heavy atom. The molecule has 3 heterocycles. The molecule has 0 saturated carbocycles. The molecule has 1 N–H and O–H groups in total. The summed E-state index contributed by atoms with van der Waals surface area (Å²) in [5, 5.41) is 4.75. The number of thiocarbonyl (C=S) groups is 1. The lowest BCUT2D eigenvalue weighted by Gasteiger charge is -2.33. The van der Waals surface area contributed by atoms with Crippen molar-refractivity contribution in [3.05, 3.63) is 34.4 Å². The van der Waals surface area contributed by atoms with Crippen LogP contribution in [-0.4, -0.2) is 32.7 Å². The van der Waals surface area contributed by atoms with Crippen molar-refractivity contribution in [1.82, 2.24) is 14.5 Å². The smallest absolute Gasteiger partial charge is 0.261 e. The molecule has 1 fully saturated rings. The van der Waals surface area contributed by atoms with Crippen molar-refractivity contribution in [2.75, 3.05) is 18.4 Å². The number of nitrogens with one attached hydrogen (secondary N) is 1. The summed E-state index contributed by atoms with van der Waals surface area (Å²) in [6.45, 7) is 5.04. The Balaban J connectivity index is 1.62. The second-order valence-electron chi connectivity index (χ2n) is 7.65. The molecule has 4 rings (SSSR count). The molecular weight excluding hydrogens is 344 g/mol. The van der Waals surface area contributed by atoms with Gasteiger partial charge >= 0.3 is 0 Å². The van der Waals surface area contributed by atoms with Crippen molar-refractivity contribution in [2.45, 2.75) is 52.0 Å². The lowest BCUT2D eigenvalue weighted by Crippen LogP contribution is -2.41. The average Bonchev–Trinajstić information content (AvgIpc) is 2.88. The highest BCUT2D eigenvalue weighted by molar-refractivity contribution is 7.80. The minimum absolute atomic E-state index is 0.0769. The van der Waals surface area contributed by atoms with E-state index in [9.17, 15) is 4.79 Å². The third kappa shape index (κ3) is 3.47. The highest BCUT2D eigenvalue weighted by Gasteiger charge is 2.19. The fourth-order valence-corrected chi connectivity index (χ4v) is 4.36. The van der Waals surface area contributed by atoms with Gasteiger partial charge in [0.25, 0.3) is 5.56 Å². The first-order valence-electron chi connectivity index (χ1n) is 9.71. The summed E-state index contributed by atoms with van der Waals surface area (Å²) in [6.07, 6.45) is 6.66. The molecule has 0 amide bonds. The molecular formula is C20H26N4OS. The van der Waals surface area contributed by atoms with Crippen molar-refractivity contribution in [3.8, 4) is 0 Å². The second-order valence-corrected chi connectivity index (χ2v) is 8.04. The van der Waals surface area contributed by atoms with Crippen molar-refractivity contribution in [2.24, 2.45) is 5.92 Å². The van der Waals surface area contributed by atoms with Gasteiger partial charge < -0.3 is 10.2 Å². The van der Waals surface area contributed by atoms with E-state index in [-0.39, 0.29) is 5.56 Å². The molecule has 6 heteroatoms. The van der Waals surface area contributed by atoms with Crippen LogP contribution in [0, 0.1) is 5.92 Å². The van der Waals surface area contributed by atoms with Gasteiger partial charge in [-0.1, -0.05) is 13.3 Å². The van der Waals surface area contributed by atoms with Gasteiger partial charge in [0.2, 0.25) is 0 Å². The molecule has 0 aliphatic carbocycles. The number of hydrogen-bond donors (Lipinski definition) is 1. The van der Waals surface area contributed by atoms with E-state index in [0.717, 1.165) is 67.5 Å². The van der Waals surface area contributed by atoms with Crippen LogP contribution in [0.15, 0.2) is 23.0 Å². The number of hydrogen-bond acceptors (Lipinski definition) is 3. The Bertz CT molecular complexity index is 891. The number of likely N-dealkylation sites (tertiary alicyclic amines) is 1. The van der Waals surface area contributed by atoms with E-state index in [2.05, 4.69) is 17.1 Å². The van der Waals surface area contributed by atoms with E-state index >= 15 is 0 Å². The summed E-state index contributed by atoms with van der Waals surface area (Å²) in [5.74, 6) is 1.60. The molecule has 0 radical (unpaired) electrons. The van der Waals surface area contributed by atoms with Crippen LogP contribution in [0.3, 0.4) is 0 Å². The van der Waals surface area contributed by atoms with E-state index < -0.39 is 0 Å². The predicted octanol–water partition coefficient (Wildman–Crippen LogP) is 3.55. The minimum atomic E-state index is 0.0769. The predicted molar refractivity (Wildman–Crippen MR) is 110 cm³/mol. The van der Waals surface area contributed by atoms with Gasteiger partial charge in [-0.25, -0.2) is 4.98 Å². The standard InChI is InChI=1S/C20H26N4OS/c1-14-6-5-10-23(13-14)20(26)21-15-8-9-17-16(12-15)19(25)24-11-4-2-3-7-18(24)22-17/h8-9,12,14H,2-7,10-11,13H2,1H3,(H,21,26)/t14-/m0/s1. The van der Waals surface area contributed by atoms with Gasteiger partial charge in [-0.15, -0.1) is 0 Å². The summed E-state index contributed by atoms with van der Waals surface area (Å²) in [4.78, 5) is 19.9. The summed E-state index contributed by atoms with van der Waals surface area (Å²) >= 11 is 5.60. The van der Waals surface area contributed by atoms with Gasteiger partial charge in [0.1, 0.15) is 5.82 Å². The Kier molecular flexibility index (Phi) is 4.94. The van der Waals surface area contributed by atoms with E-state index in [1.54, 1.807) is 0 Å². The van der Waals surface area contributed by atoms with Gasteiger partial charge in [-0.3, -0.25) is 9.36 Å². The first-order chi connectivity index (χ1) is 12.6. The Labute approximate surface area is 159 Å². The van der Waals surface area contributed by atoms with Gasteiger partial charge in [-0.2, -0.15) is 0 Å². The monoisotopic (exact) mass is 370 g/mol. The van der Waals surface area contributed by atoms with Crippen LogP contribution in [0.2, 0.25) is 0 Å². The third-order valence-electron chi connectivity index (χ3n) is 5.51. The SMILES string of the molecule is C[C@H]1CCCN(C(=S)Nc2ccc3nc4n(c(=O)c3c2)CCCCC4)C1. The molecule has 2 aliphatic heterocycles. The number of anilines is 1. The molecule has 0 spiro atoms. The highest BCUT2D eigenvalue weighted by atomic mass is 32.1. The fourth-order valence-electron chi connectivity index (χ4n) is 4.07. The van der Waals surface area contributed by atoms with Gasteiger partial charge in [0.05, 0.1) is 10.9 Å². The zero-order chi connectivity index (χ0) is 18.1. The molecule has 1 aromatic carbocycles. The van der Waals surface area contributed by atoms with Crippen LogP contribution in [0.5, 0.6) is 0 Å². The lowest BCUT2D eigenvalue weighted by atomic mass is 10.0. The number of piperidine rings is 1. The van der Waals surface area contributed by atoms with Gasteiger partial charge in [-0.05, 0) is 62.0 Å². The van der Waals surface area contributed by atoms with Crippen molar-refractivity contribution >= 4 is 33.9 Å². The van der Waals surface area contributed by atoms with E-state index in [1.807, 2.05) is 22.8 Å². The maximum Gasteiger partial charge on any atom is 0.261 e. The van der Waals surface area contributed by atoms with E-state index in [4.69, 9.17) is 17.2 Å². The summed E-state index contributed by atoms with van der Waals surface area (Å²) < 4.78 is 1.86. The van der Waals surface area contributed by atoms with Crippen LogP contribution >= 0.6 is 12.2 Å². The van der Waals surface area contributed by atoms with Gasteiger partial charge in [0.15, 0.2) is 5.11 Å². The number of fused-ring (bicyclic) bond motifs is 2. The molecule has 2 aliphatic rings. The zero-order valence-electron chi connectivity index (χ0n) is 15.3. The second kappa shape index (κ2) is 7.35. The van der Waals surface area contributed by atoms with Gasteiger partial charge in [0, 0.05) is 31.7 Å². The largest absolute Gasteiger partial charge is 0.349 e. The van der Waals surface area contributed by atoms with Crippen LogP contribution < -0.4 is 10.9 Å². The average molecular weight is 371 g/mol. The Hall–Kier alpha value is -1.95. The molecule has 5 nitrogen and oxygen atoms in total. The molecule has 2 aromatic rings. The lowest BCUT2D eigenvalue weighted by molar-refractivity contribution is 0.276. The molecule has 0 bridgehead atoms. The molecule has 1 saturated heterocycles. The number of benzene rings is 1. The number of aromatic nitrogens is 2. The summed E-state index contributed by atoms with van der Waals surface area (Å²) in [6, 6.07) is 5.82. The fraction of sp³-hybridized carbons (Fsp3) is 0.550. The molecule has 0 unspecified atom stereocenters. The molecule has 1 aromatic heterocycles. The van der Waals surface area contributed by atoms with Crippen molar-refractivity contribution < 1.29 is 0 Å².